The molecule has 0 atom stereocenters. The average molecular weight is 140 g/mol. The van der Waals surface area contributed by atoms with E-state index in [9.17, 15) is 4.79 Å². The number of nitrogens with zero attached hydrogens (tertiary/aromatic N) is 1. The molecule has 1 rings (SSSR count). The summed E-state index contributed by atoms with van der Waals surface area (Å²) >= 11 is 0. The second-order valence-corrected chi connectivity index (χ2v) is 1.92. The van der Waals surface area contributed by atoms with Crippen LogP contribution >= 0.6 is 0 Å². The summed E-state index contributed by atoms with van der Waals surface area (Å²) in [4.78, 5) is 10.9. The quantitative estimate of drug-likeness (QED) is 0.601. The first-order valence-electron chi connectivity index (χ1n) is 2.84. The zero-order valence-corrected chi connectivity index (χ0v) is 5.84. The fourth-order valence-corrected chi connectivity index (χ4v) is 0.631. The van der Waals surface area contributed by atoms with Crippen molar-refractivity contribution in [1.82, 2.24) is 10.2 Å². The average Bonchev–Trinajstić information content (AvgIpc) is 1.88. The summed E-state index contributed by atoms with van der Waals surface area (Å²) < 4.78 is 4.65. The second kappa shape index (κ2) is 2.51. The van der Waals surface area contributed by atoms with Crippen molar-refractivity contribution in [3.05, 3.63) is 22.0 Å². The van der Waals surface area contributed by atoms with Gasteiger partial charge in [-0.2, -0.15) is 0 Å². The Balaban J connectivity index is 3.20. The zero-order valence-electron chi connectivity index (χ0n) is 5.84. The molecule has 0 aliphatic rings. The molecule has 4 heteroatoms. The van der Waals surface area contributed by atoms with Gasteiger partial charge in [0, 0.05) is 11.8 Å². The Kier molecular flexibility index (Phi) is 1.71. The van der Waals surface area contributed by atoms with Crippen LogP contribution in [0.25, 0.3) is 0 Å². The third kappa shape index (κ3) is 1.15. The number of nitrogens with one attached hydrogen (secondary N) is 1. The van der Waals surface area contributed by atoms with Crippen molar-refractivity contribution in [3.8, 4) is 5.88 Å². The Morgan fingerprint density at radius 3 is 2.90 bits per heavy atom. The third-order valence-electron chi connectivity index (χ3n) is 1.09. The highest BCUT2D eigenvalue weighted by atomic mass is 16.5. The molecule has 1 N–H and O–H groups in total. The highest BCUT2D eigenvalue weighted by Crippen LogP contribution is 1.92. The van der Waals surface area contributed by atoms with Gasteiger partial charge in [0.15, 0.2) is 0 Å². The first-order chi connectivity index (χ1) is 4.74. The lowest BCUT2D eigenvalue weighted by molar-refractivity contribution is 0.387. The van der Waals surface area contributed by atoms with Gasteiger partial charge in [-0.25, -0.2) is 0 Å². The third-order valence-corrected chi connectivity index (χ3v) is 1.09. The number of hydrogen-bond acceptors (Lipinski definition) is 3. The normalized spacial score (nSPS) is 9.40. The number of aromatic amines is 1. The summed E-state index contributed by atoms with van der Waals surface area (Å²) in [5, 5.41) is 6.25. The van der Waals surface area contributed by atoms with Gasteiger partial charge in [0.25, 0.3) is 5.88 Å². The minimum atomic E-state index is -0.196. The summed E-state index contributed by atoms with van der Waals surface area (Å²) in [5.41, 5.74) is 0.532. The van der Waals surface area contributed by atoms with Crippen LogP contribution in [0.3, 0.4) is 0 Å². The van der Waals surface area contributed by atoms with Crippen molar-refractivity contribution < 1.29 is 4.74 Å². The summed E-state index contributed by atoms with van der Waals surface area (Å²) in [5.74, 6) is 0.102. The summed E-state index contributed by atoms with van der Waals surface area (Å²) in [7, 11) is 1.41. The molecule has 0 saturated carbocycles. The molecule has 1 aromatic rings. The lowest BCUT2D eigenvalue weighted by Crippen LogP contribution is -2.08. The summed E-state index contributed by atoms with van der Waals surface area (Å²) in [6, 6.07) is 1.44. The van der Waals surface area contributed by atoms with E-state index in [4.69, 9.17) is 0 Å². The Labute approximate surface area is 57.8 Å². The SMILES string of the molecule is COc1n[nH]c(C)cc1=O. The van der Waals surface area contributed by atoms with Crippen molar-refractivity contribution in [3.63, 3.8) is 0 Å². The molecule has 0 radical (unpaired) electrons. The number of methoxy groups -OCH3 is 1. The lowest BCUT2D eigenvalue weighted by Gasteiger charge is -1.95. The van der Waals surface area contributed by atoms with Gasteiger partial charge < -0.3 is 4.74 Å². The largest absolute Gasteiger partial charge is 0.477 e. The highest BCUT2D eigenvalue weighted by Gasteiger charge is 1.97. The van der Waals surface area contributed by atoms with E-state index in [2.05, 4.69) is 14.9 Å². The van der Waals surface area contributed by atoms with E-state index < -0.39 is 0 Å². The van der Waals surface area contributed by atoms with Crippen LogP contribution in [-0.4, -0.2) is 17.3 Å². The number of rotatable bonds is 1. The Morgan fingerprint density at radius 1 is 1.70 bits per heavy atom. The fraction of sp³-hybridized carbons (Fsp3) is 0.333. The number of hydrogen-bond donors (Lipinski definition) is 1. The Morgan fingerprint density at radius 2 is 2.40 bits per heavy atom. The molecule has 10 heavy (non-hydrogen) atoms. The number of H-pyrrole nitrogens is 1. The fourth-order valence-electron chi connectivity index (χ4n) is 0.631. The molecule has 0 amide bonds. The van der Waals surface area contributed by atoms with Gasteiger partial charge in [-0.3, -0.25) is 9.89 Å². The van der Waals surface area contributed by atoms with Crippen molar-refractivity contribution >= 4 is 0 Å². The summed E-state index contributed by atoms with van der Waals surface area (Å²) in [6.45, 7) is 1.76. The van der Waals surface area contributed by atoms with Crippen molar-refractivity contribution in [2.45, 2.75) is 6.92 Å². The zero-order chi connectivity index (χ0) is 7.56. The van der Waals surface area contributed by atoms with Crippen LogP contribution < -0.4 is 10.2 Å². The van der Waals surface area contributed by atoms with E-state index in [-0.39, 0.29) is 11.3 Å². The van der Waals surface area contributed by atoms with E-state index in [1.807, 2.05) is 0 Å². The van der Waals surface area contributed by atoms with Crippen LogP contribution in [0.1, 0.15) is 5.69 Å². The first kappa shape index (κ1) is 6.80. The van der Waals surface area contributed by atoms with Gasteiger partial charge in [0.05, 0.1) is 7.11 Å². The van der Waals surface area contributed by atoms with E-state index in [1.54, 1.807) is 6.92 Å². The maximum absolute atomic E-state index is 10.9. The van der Waals surface area contributed by atoms with Gasteiger partial charge in [0.2, 0.25) is 5.43 Å². The molecule has 0 saturated heterocycles. The van der Waals surface area contributed by atoms with E-state index in [1.165, 1.54) is 13.2 Å². The minimum absolute atomic E-state index is 0.102. The smallest absolute Gasteiger partial charge is 0.279 e. The molecule has 0 unspecified atom stereocenters. The molecule has 0 spiro atoms. The Bertz CT molecular complexity index is 279. The van der Waals surface area contributed by atoms with Crippen LogP contribution in [0, 0.1) is 6.92 Å². The molecule has 4 nitrogen and oxygen atoms in total. The molecule has 1 aromatic heterocycles. The highest BCUT2D eigenvalue weighted by molar-refractivity contribution is 5.10. The second-order valence-electron chi connectivity index (χ2n) is 1.92. The number of aromatic nitrogens is 2. The number of ether oxygens (including phenoxy) is 1. The molecule has 0 aliphatic carbocycles. The molecule has 0 aromatic carbocycles. The number of aryl methyl sites for hydroxylation is 1. The van der Waals surface area contributed by atoms with Crippen LogP contribution in [0.2, 0.25) is 0 Å². The van der Waals surface area contributed by atoms with E-state index >= 15 is 0 Å². The van der Waals surface area contributed by atoms with Gasteiger partial charge in [-0.05, 0) is 6.92 Å². The van der Waals surface area contributed by atoms with E-state index in [0.717, 1.165) is 5.69 Å². The molecular formula is C6H8N2O2. The predicted molar refractivity (Wildman–Crippen MR) is 36.1 cm³/mol. The molecule has 0 fully saturated rings. The minimum Gasteiger partial charge on any atom is -0.477 e. The topological polar surface area (TPSA) is 55.0 Å². The standard InChI is InChI=1S/C6H8N2O2/c1-4-3-5(9)6(10-2)8-7-4/h3H,1-2H3,(H,7,9). The Hall–Kier alpha value is -1.32. The maximum atomic E-state index is 10.9. The molecule has 0 bridgehead atoms. The van der Waals surface area contributed by atoms with Gasteiger partial charge in [0.1, 0.15) is 0 Å². The van der Waals surface area contributed by atoms with Crippen LogP contribution in [0.15, 0.2) is 10.9 Å². The molecule has 1 heterocycles. The van der Waals surface area contributed by atoms with Crippen LogP contribution in [-0.2, 0) is 0 Å². The van der Waals surface area contributed by atoms with Gasteiger partial charge >= 0.3 is 0 Å². The van der Waals surface area contributed by atoms with Crippen LogP contribution in [0.4, 0.5) is 0 Å². The van der Waals surface area contributed by atoms with Gasteiger partial charge in [-0.15, -0.1) is 5.10 Å². The molecule has 54 valence electrons. The van der Waals surface area contributed by atoms with Crippen molar-refractivity contribution in [2.24, 2.45) is 0 Å². The first-order valence-corrected chi connectivity index (χ1v) is 2.84. The lowest BCUT2D eigenvalue weighted by atomic mass is 10.4. The summed E-state index contributed by atoms with van der Waals surface area (Å²) in [6.07, 6.45) is 0. The monoisotopic (exact) mass is 140 g/mol. The maximum Gasteiger partial charge on any atom is 0.279 e. The van der Waals surface area contributed by atoms with Crippen molar-refractivity contribution in [1.29, 1.82) is 0 Å². The van der Waals surface area contributed by atoms with Crippen LogP contribution in [0.5, 0.6) is 5.88 Å². The molecular weight excluding hydrogens is 132 g/mol. The predicted octanol–water partition coefficient (Wildman–Crippen LogP) is 0.0869. The van der Waals surface area contributed by atoms with Crippen molar-refractivity contribution in [2.75, 3.05) is 7.11 Å². The molecule has 0 aliphatic heterocycles. The van der Waals surface area contributed by atoms with E-state index in [0.29, 0.717) is 0 Å². The van der Waals surface area contributed by atoms with Gasteiger partial charge in [-0.1, -0.05) is 0 Å².